The maximum atomic E-state index is 12.7. The van der Waals surface area contributed by atoms with Crippen molar-refractivity contribution in [3.05, 3.63) is 28.8 Å². The van der Waals surface area contributed by atoms with Gasteiger partial charge in [0.1, 0.15) is 4.70 Å². The molecule has 1 aromatic heterocycles. The number of thiazole rings is 1. The molecule has 0 atom stereocenters. The summed E-state index contributed by atoms with van der Waals surface area (Å²) in [4.78, 5) is 0. The molecule has 0 radical (unpaired) electrons. The first-order valence-corrected chi connectivity index (χ1v) is 8.41. The van der Waals surface area contributed by atoms with Gasteiger partial charge < -0.3 is 4.55 Å². The molecule has 0 fully saturated rings. The predicted molar refractivity (Wildman–Crippen MR) is 70.9 cm³/mol. The molecule has 0 saturated carbocycles. The molecular formula is C12H12F3NO3S2. The van der Waals surface area contributed by atoms with E-state index in [9.17, 15) is 26.1 Å². The summed E-state index contributed by atoms with van der Waals surface area (Å²) in [5.74, 6) is -0.532. The largest absolute Gasteiger partial charge is 0.748 e. The molecule has 0 saturated heterocycles. The second-order valence-corrected chi connectivity index (χ2v) is 7.33. The SMILES string of the molecule is Cc1sc2ccc(C(F)(F)F)cc2[n+]1CCCS(=O)(=O)[O-]. The van der Waals surface area contributed by atoms with E-state index < -0.39 is 27.6 Å². The molecule has 21 heavy (non-hydrogen) atoms. The number of rotatable bonds is 4. The van der Waals surface area contributed by atoms with E-state index in [4.69, 9.17) is 0 Å². The van der Waals surface area contributed by atoms with E-state index in [-0.39, 0.29) is 13.0 Å². The van der Waals surface area contributed by atoms with Gasteiger partial charge in [-0.3, -0.25) is 0 Å². The minimum atomic E-state index is -4.43. The molecule has 0 bridgehead atoms. The average molecular weight is 339 g/mol. The predicted octanol–water partition coefficient (Wildman–Crippen LogP) is 2.45. The van der Waals surface area contributed by atoms with Gasteiger partial charge in [-0.25, -0.2) is 8.42 Å². The molecular weight excluding hydrogens is 327 g/mol. The van der Waals surface area contributed by atoms with Crippen LogP contribution in [0, 0.1) is 6.92 Å². The second kappa shape index (κ2) is 5.54. The molecule has 4 nitrogen and oxygen atoms in total. The third kappa shape index (κ3) is 3.92. The first kappa shape index (κ1) is 16.2. The Kier molecular flexibility index (Phi) is 4.27. The van der Waals surface area contributed by atoms with Crippen LogP contribution in [0.15, 0.2) is 18.2 Å². The Labute approximate surface area is 123 Å². The van der Waals surface area contributed by atoms with Gasteiger partial charge in [0.15, 0.2) is 6.54 Å². The highest BCUT2D eigenvalue weighted by Gasteiger charge is 2.32. The Bertz CT molecular complexity index is 766. The van der Waals surface area contributed by atoms with Crippen LogP contribution in [0.2, 0.25) is 0 Å². The molecule has 0 aliphatic carbocycles. The number of fused-ring (bicyclic) bond motifs is 1. The third-order valence-corrected chi connectivity index (χ3v) is 4.86. The number of aromatic nitrogens is 1. The Balaban J connectivity index is 2.36. The zero-order valence-electron chi connectivity index (χ0n) is 11.0. The second-order valence-electron chi connectivity index (χ2n) is 4.57. The molecule has 1 aromatic carbocycles. The van der Waals surface area contributed by atoms with E-state index in [1.165, 1.54) is 17.4 Å². The maximum Gasteiger partial charge on any atom is 0.416 e. The van der Waals surface area contributed by atoms with Gasteiger partial charge in [0.05, 0.1) is 15.7 Å². The highest BCUT2D eigenvalue weighted by atomic mass is 32.2. The van der Waals surface area contributed by atoms with Crippen LogP contribution in [0.5, 0.6) is 0 Å². The Morgan fingerprint density at radius 2 is 2.00 bits per heavy atom. The fourth-order valence-electron chi connectivity index (χ4n) is 2.05. The summed E-state index contributed by atoms with van der Waals surface area (Å²) in [6.45, 7) is 1.93. The van der Waals surface area contributed by atoms with Crippen molar-refractivity contribution < 1.29 is 30.7 Å². The number of hydrogen-bond donors (Lipinski definition) is 0. The molecule has 0 unspecified atom stereocenters. The number of halogens is 3. The Morgan fingerprint density at radius 1 is 1.33 bits per heavy atom. The van der Waals surface area contributed by atoms with Crippen molar-refractivity contribution in [2.45, 2.75) is 26.1 Å². The van der Waals surface area contributed by atoms with Crippen molar-refractivity contribution in [1.82, 2.24) is 0 Å². The van der Waals surface area contributed by atoms with Crippen LogP contribution in [-0.4, -0.2) is 18.7 Å². The van der Waals surface area contributed by atoms with Crippen LogP contribution in [0.3, 0.4) is 0 Å². The molecule has 0 aliphatic rings. The number of hydrogen-bond acceptors (Lipinski definition) is 4. The normalized spacial score (nSPS) is 13.0. The summed E-state index contributed by atoms with van der Waals surface area (Å²) in [5, 5.41) is 0.757. The van der Waals surface area contributed by atoms with Gasteiger partial charge >= 0.3 is 6.18 Å². The van der Waals surface area contributed by atoms with Crippen molar-refractivity contribution in [3.63, 3.8) is 0 Å². The van der Waals surface area contributed by atoms with Crippen molar-refractivity contribution in [2.24, 2.45) is 0 Å². The van der Waals surface area contributed by atoms with Crippen LogP contribution in [0.4, 0.5) is 13.2 Å². The van der Waals surface area contributed by atoms with Crippen LogP contribution in [-0.2, 0) is 22.8 Å². The van der Waals surface area contributed by atoms with Crippen LogP contribution >= 0.6 is 11.3 Å². The first-order valence-electron chi connectivity index (χ1n) is 6.02. The number of aryl methyl sites for hydroxylation is 2. The Morgan fingerprint density at radius 3 is 2.57 bits per heavy atom. The van der Waals surface area contributed by atoms with Crippen LogP contribution in [0.25, 0.3) is 10.2 Å². The lowest BCUT2D eigenvalue weighted by Crippen LogP contribution is -2.36. The molecule has 9 heteroatoms. The summed E-state index contributed by atoms with van der Waals surface area (Å²) in [6, 6.07) is 3.46. The number of benzene rings is 1. The monoisotopic (exact) mass is 339 g/mol. The van der Waals surface area contributed by atoms with Crippen molar-refractivity contribution in [3.8, 4) is 0 Å². The molecule has 0 spiro atoms. The van der Waals surface area contributed by atoms with Gasteiger partial charge in [0.2, 0.25) is 10.5 Å². The Hall–Kier alpha value is -1.19. The van der Waals surface area contributed by atoms with Crippen molar-refractivity contribution >= 4 is 31.7 Å². The van der Waals surface area contributed by atoms with Crippen molar-refractivity contribution in [2.75, 3.05) is 5.75 Å². The van der Waals surface area contributed by atoms with Crippen LogP contribution < -0.4 is 4.57 Å². The topological polar surface area (TPSA) is 61.1 Å². The van der Waals surface area contributed by atoms with Gasteiger partial charge in [-0.15, -0.1) is 0 Å². The molecule has 116 valence electrons. The quantitative estimate of drug-likeness (QED) is 0.635. The van der Waals surface area contributed by atoms with Gasteiger partial charge in [-0.05, 0) is 12.1 Å². The van der Waals surface area contributed by atoms with Gasteiger partial charge in [0, 0.05) is 25.2 Å². The summed E-state index contributed by atoms with van der Waals surface area (Å²) in [5.41, 5.74) is -0.353. The minimum absolute atomic E-state index is 0.0689. The zero-order valence-corrected chi connectivity index (χ0v) is 12.6. The minimum Gasteiger partial charge on any atom is -0.748 e. The average Bonchev–Trinajstić information content (AvgIpc) is 2.62. The standard InChI is InChI=1S/C12H12F3NO3S2/c1-8-16(5-2-6-21(17,18)19)10-7-9(12(13,14)15)3-4-11(10)20-8/h3-4,7H,2,5-6H2,1H3. The van der Waals surface area contributed by atoms with Gasteiger partial charge in [0.25, 0.3) is 0 Å². The lowest BCUT2D eigenvalue weighted by molar-refractivity contribution is -0.672. The molecule has 2 rings (SSSR count). The van der Waals surface area contributed by atoms with Crippen molar-refractivity contribution in [1.29, 1.82) is 0 Å². The fourth-order valence-corrected chi connectivity index (χ4v) is 3.56. The molecule has 2 aromatic rings. The lowest BCUT2D eigenvalue weighted by Gasteiger charge is -2.06. The van der Waals surface area contributed by atoms with E-state index >= 15 is 0 Å². The molecule has 1 heterocycles. The highest BCUT2D eigenvalue weighted by Crippen LogP contribution is 2.32. The summed E-state index contributed by atoms with van der Waals surface area (Å²) in [7, 11) is -4.31. The number of nitrogens with zero attached hydrogens (tertiary/aromatic N) is 1. The maximum absolute atomic E-state index is 12.7. The van der Waals surface area contributed by atoms with E-state index in [0.717, 1.165) is 17.1 Å². The van der Waals surface area contributed by atoms with E-state index in [1.54, 1.807) is 11.5 Å². The summed E-state index contributed by atoms with van der Waals surface area (Å²) >= 11 is 1.32. The fraction of sp³-hybridized carbons (Fsp3) is 0.417. The summed E-state index contributed by atoms with van der Waals surface area (Å²) < 4.78 is 72.3. The highest BCUT2D eigenvalue weighted by molar-refractivity contribution is 7.85. The smallest absolute Gasteiger partial charge is 0.416 e. The van der Waals surface area contributed by atoms with Crippen LogP contribution in [0.1, 0.15) is 17.0 Å². The van der Waals surface area contributed by atoms with E-state index in [1.807, 2.05) is 0 Å². The summed E-state index contributed by atoms with van der Waals surface area (Å²) in [6.07, 6.45) is -4.36. The molecule has 0 N–H and O–H groups in total. The molecule has 0 amide bonds. The van der Waals surface area contributed by atoms with Gasteiger partial charge in [-0.1, -0.05) is 11.3 Å². The molecule has 0 aliphatic heterocycles. The number of alkyl halides is 3. The lowest BCUT2D eigenvalue weighted by atomic mass is 10.2. The third-order valence-electron chi connectivity index (χ3n) is 2.99. The van der Waals surface area contributed by atoms with E-state index in [2.05, 4.69) is 0 Å². The zero-order chi connectivity index (χ0) is 15.8. The van der Waals surface area contributed by atoms with Gasteiger partial charge in [-0.2, -0.15) is 17.7 Å². The first-order chi connectivity index (χ1) is 9.58. The van der Waals surface area contributed by atoms with E-state index in [0.29, 0.717) is 10.2 Å².